The standard InChI is InChI=1S/C20H17F6NO3/c1-11(6-12-4-5-16(29-2)17(7-12)30-3)18(28)27-15-9-13(19(21,22)23)8-14(10-15)20(24,25)26/h4-10H,1-3H3,(H,27,28)/b11-6+. The molecule has 0 heterocycles. The molecule has 0 aliphatic rings. The second kappa shape index (κ2) is 8.68. The van der Waals surface area contributed by atoms with Crippen molar-refractivity contribution >= 4 is 17.7 Å². The maximum atomic E-state index is 12.9. The van der Waals surface area contributed by atoms with Gasteiger partial charge in [0.05, 0.1) is 25.3 Å². The van der Waals surface area contributed by atoms with Crippen molar-refractivity contribution in [2.75, 3.05) is 19.5 Å². The molecule has 0 unspecified atom stereocenters. The highest BCUT2D eigenvalue weighted by molar-refractivity contribution is 6.06. The summed E-state index contributed by atoms with van der Waals surface area (Å²) in [7, 11) is 2.85. The van der Waals surface area contributed by atoms with E-state index in [1.807, 2.05) is 0 Å². The maximum Gasteiger partial charge on any atom is 0.416 e. The molecule has 0 bridgehead atoms. The Hall–Kier alpha value is -3.17. The summed E-state index contributed by atoms with van der Waals surface area (Å²) >= 11 is 0. The number of halogens is 6. The molecule has 0 aromatic heterocycles. The second-order valence-corrected chi connectivity index (χ2v) is 6.19. The van der Waals surface area contributed by atoms with E-state index in [2.05, 4.69) is 5.32 Å². The number of carbonyl (C=O) groups excluding carboxylic acids is 1. The molecule has 0 spiro atoms. The summed E-state index contributed by atoms with van der Waals surface area (Å²) in [4.78, 5) is 12.3. The third-order valence-corrected chi connectivity index (χ3v) is 3.99. The number of nitrogens with one attached hydrogen (secondary N) is 1. The van der Waals surface area contributed by atoms with Crippen LogP contribution in [0.3, 0.4) is 0 Å². The van der Waals surface area contributed by atoms with Gasteiger partial charge in [-0.05, 0) is 48.9 Å². The van der Waals surface area contributed by atoms with Crippen LogP contribution in [-0.4, -0.2) is 20.1 Å². The summed E-state index contributed by atoms with van der Waals surface area (Å²) in [6, 6.07) is 5.61. The molecule has 0 atom stereocenters. The van der Waals surface area contributed by atoms with Crippen LogP contribution in [0.4, 0.5) is 32.0 Å². The van der Waals surface area contributed by atoms with Crippen LogP contribution in [0.5, 0.6) is 11.5 Å². The lowest BCUT2D eigenvalue weighted by atomic mass is 10.1. The number of benzene rings is 2. The lowest BCUT2D eigenvalue weighted by Gasteiger charge is -2.15. The first-order valence-electron chi connectivity index (χ1n) is 8.36. The van der Waals surface area contributed by atoms with E-state index in [9.17, 15) is 31.1 Å². The number of carbonyl (C=O) groups is 1. The van der Waals surface area contributed by atoms with E-state index in [0.717, 1.165) is 0 Å². The lowest BCUT2D eigenvalue weighted by Crippen LogP contribution is -2.16. The predicted octanol–water partition coefficient (Wildman–Crippen LogP) is 5.78. The molecule has 10 heteroatoms. The van der Waals surface area contributed by atoms with Gasteiger partial charge in [-0.2, -0.15) is 26.3 Å². The van der Waals surface area contributed by atoms with Gasteiger partial charge in [-0.1, -0.05) is 6.07 Å². The normalized spacial score (nSPS) is 12.5. The van der Waals surface area contributed by atoms with E-state index in [1.54, 1.807) is 18.2 Å². The topological polar surface area (TPSA) is 47.6 Å². The first-order chi connectivity index (χ1) is 13.8. The quantitative estimate of drug-likeness (QED) is 0.480. The van der Waals surface area contributed by atoms with E-state index in [-0.39, 0.29) is 11.6 Å². The summed E-state index contributed by atoms with van der Waals surface area (Å²) in [6.07, 6.45) is -8.62. The van der Waals surface area contributed by atoms with Crippen LogP contribution in [-0.2, 0) is 17.1 Å². The van der Waals surface area contributed by atoms with Crippen molar-refractivity contribution < 1.29 is 40.6 Å². The Bertz CT molecular complexity index is 932. The van der Waals surface area contributed by atoms with E-state index in [1.165, 1.54) is 27.2 Å². The smallest absolute Gasteiger partial charge is 0.416 e. The molecule has 1 amide bonds. The Morgan fingerprint density at radius 2 is 1.40 bits per heavy atom. The highest BCUT2D eigenvalue weighted by Crippen LogP contribution is 2.37. The fraction of sp³-hybridized carbons (Fsp3) is 0.250. The van der Waals surface area contributed by atoms with Crippen molar-refractivity contribution in [3.8, 4) is 11.5 Å². The van der Waals surface area contributed by atoms with Gasteiger partial charge in [-0.15, -0.1) is 0 Å². The SMILES string of the molecule is COc1ccc(/C=C(\C)C(=O)Nc2cc(C(F)(F)F)cc(C(F)(F)F)c2)cc1OC. The van der Waals surface area contributed by atoms with Gasteiger partial charge in [0.1, 0.15) is 0 Å². The number of methoxy groups -OCH3 is 2. The van der Waals surface area contributed by atoms with Crippen LogP contribution in [0.15, 0.2) is 42.0 Å². The zero-order valence-corrected chi connectivity index (χ0v) is 16.0. The minimum Gasteiger partial charge on any atom is -0.493 e. The Balaban J connectivity index is 2.33. The van der Waals surface area contributed by atoms with Crippen molar-refractivity contribution in [3.05, 3.63) is 58.7 Å². The molecule has 2 aromatic carbocycles. The molecular weight excluding hydrogens is 416 g/mol. The molecule has 0 saturated heterocycles. The van der Waals surface area contributed by atoms with Gasteiger partial charge >= 0.3 is 12.4 Å². The average molecular weight is 433 g/mol. The van der Waals surface area contributed by atoms with E-state index >= 15 is 0 Å². The Labute approximate surface area is 168 Å². The van der Waals surface area contributed by atoms with Gasteiger partial charge in [0.2, 0.25) is 0 Å². The molecule has 0 radical (unpaired) electrons. The van der Waals surface area contributed by atoms with Crippen molar-refractivity contribution in [3.63, 3.8) is 0 Å². The van der Waals surface area contributed by atoms with Crippen molar-refractivity contribution in [1.82, 2.24) is 0 Å². The fourth-order valence-corrected chi connectivity index (χ4v) is 2.51. The summed E-state index contributed by atoms with van der Waals surface area (Å²) < 4.78 is 87.9. The van der Waals surface area contributed by atoms with Crippen LogP contribution >= 0.6 is 0 Å². The molecular formula is C20H17F6NO3. The summed E-state index contributed by atoms with van der Waals surface area (Å²) in [5, 5.41) is 2.07. The minimum atomic E-state index is -5.01. The maximum absolute atomic E-state index is 12.9. The number of ether oxygens (including phenoxy) is 2. The van der Waals surface area contributed by atoms with Gasteiger partial charge in [-0.25, -0.2) is 0 Å². The Morgan fingerprint density at radius 1 is 0.867 bits per heavy atom. The lowest BCUT2D eigenvalue weighted by molar-refractivity contribution is -0.143. The van der Waals surface area contributed by atoms with Gasteiger partial charge in [0, 0.05) is 11.3 Å². The predicted molar refractivity (Wildman–Crippen MR) is 98.3 cm³/mol. The zero-order chi connectivity index (χ0) is 22.7. The van der Waals surface area contributed by atoms with Gasteiger partial charge in [0.15, 0.2) is 11.5 Å². The van der Waals surface area contributed by atoms with Gasteiger partial charge in [-0.3, -0.25) is 4.79 Å². The summed E-state index contributed by atoms with van der Waals surface area (Å²) in [5.74, 6) is -0.0372. The van der Waals surface area contributed by atoms with Crippen LogP contribution in [0.25, 0.3) is 6.08 Å². The molecule has 4 nitrogen and oxygen atoms in total. The second-order valence-electron chi connectivity index (χ2n) is 6.19. The van der Waals surface area contributed by atoms with Crippen LogP contribution in [0.1, 0.15) is 23.6 Å². The first kappa shape index (κ1) is 23.1. The molecule has 2 aromatic rings. The van der Waals surface area contributed by atoms with E-state index in [0.29, 0.717) is 29.2 Å². The molecule has 0 aliphatic carbocycles. The fourth-order valence-electron chi connectivity index (χ4n) is 2.51. The highest BCUT2D eigenvalue weighted by Gasteiger charge is 2.37. The van der Waals surface area contributed by atoms with Gasteiger partial charge < -0.3 is 14.8 Å². The molecule has 0 saturated carbocycles. The van der Waals surface area contributed by atoms with E-state index < -0.39 is 35.1 Å². The number of rotatable bonds is 5. The zero-order valence-electron chi connectivity index (χ0n) is 16.0. The minimum absolute atomic E-state index is 0.0119. The Kier molecular flexibility index (Phi) is 6.69. The summed E-state index contributed by atoms with van der Waals surface area (Å²) in [6.45, 7) is 1.37. The molecule has 1 N–H and O–H groups in total. The van der Waals surface area contributed by atoms with Crippen molar-refractivity contribution in [2.45, 2.75) is 19.3 Å². The van der Waals surface area contributed by atoms with E-state index in [4.69, 9.17) is 9.47 Å². The van der Waals surface area contributed by atoms with Crippen LogP contribution in [0, 0.1) is 0 Å². The number of amides is 1. The van der Waals surface area contributed by atoms with Gasteiger partial charge in [0.25, 0.3) is 5.91 Å². The molecule has 162 valence electrons. The molecule has 0 fully saturated rings. The number of hydrogen-bond donors (Lipinski definition) is 1. The number of hydrogen-bond acceptors (Lipinski definition) is 3. The van der Waals surface area contributed by atoms with Crippen LogP contribution in [0.2, 0.25) is 0 Å². The molecule has 0 aliphatic heterocycles. The van der Waals surface area contributed by atoms with Crippen LogP contribution < -0.4 is 14.8 Å². The van der Waals surface area contributed by atoms with Crippen molar-refractivity contribution in [2.24, 2.45) is 0 Å². The number of anilines is 1. The Morgan fingerprint density at radius 3 is 1.87 bits per heavy atom. The number of alkyl halides is 6. The third-order valence-electron chi connectivity index (χ3n) is 3.99. The summed E-state index contributed by atoms with van der Waals surface area (Å²) in [5.41, 5.74) is -3.10. The third kappa shape index (κ3) is 5.68. The first-order valence-corrected chi connectivity index (χ1v) is 8.36. The largest absolute Gasteiger partial charge is 0.493 e. The monoisotopic (exact) mass is 433 g/mol. The highest BCUT2D eigenvalue weighted by atomic mass is 19.4. The molecule has 2 rings (SSSR count). The average Bonchev–Trinajstić information content (AvgIpc) is 2.66. The molecule has 30 heavy (non-hydrogen) atoms. The van der Waals surface area contributed by atoms with Crippen molar-refractivity contribution in [1.29, 1.82) is 0 Å².